The van der Waals surface area contributed by atoms with Gasteiger partial charge in [-0.15, -0.1) is 11.6 Å². The van der Waals surface area contributed by atoms with Gasteiger partial charge in [0.25, 0.3) is 10.1 Å². The Morgan fingerprint density at radius 1 is 1.57 bits per heavy atom. The Hall–Kier alpha value is -0.330. The van der Waals surface area contributed by atoms with Crippen LogP contribution in [0.25, 0.3) is 0 Å². The van der Waals surface area contributed by atoms with E-state index in [1.54, 1.807) is 0 Å². The third kappa shape index (κ3) is 4.78. The third-order valence-corrected chi connectivity index (χ3v) is 3.07. The molecular weight excluding hydrogens is 232 g/mol. The zero-order valence-corrected chi connectivity index (χ0v) is 9.34. The van der Waals surface area contributed by atoms with Crippen molar-refractivity contribution in [3.8, 4) is 0 Å². The molecule has 0 aliphatic heterocycles. The third-order valence-electron chi connectivity index (χ3n) is 1.50. The molecule has 0 fully saturated rings. The SMILES string of the molecule is CCCCOC(=O)C(CCl)S(=O)(=O)O. The first-order valence-electron chi connectivity index (χ1n) is 4.12. The standard InChI is InChI=1S/C7H13ClO5S/c1-2-3-4-13-7(9)6(5-8)14(10,11)12/h6H,2-5H2,1H3,(H,10,11,12). The molecule has 1 unspecified atom stereocenters. The molecule has 0 aromatic carbocycles. The zero-order valence-electron chi connectivity index (χ0n) is 7.77. The van der Waals surface area contributed by atoms with Gasteiger partial charge in [-0.3, -0.25) is 9.35 Å². The minimum absolute atomic E-state index is 0.137. The molecule has 5 nitrogen and oxygen atoms in total. The van der Waals surface area contributed by atoms with Crippen LogP contribution in [0.15, 0.2) is 0 Å². The molecule has 0 rings (SSSR count). The van der Waals surface area contributed by atoms with Gasteiger partial charge in [-0.05, 0) is 6.42 Å². The van der Waals surface area contributed by atoms with Crippen LogP contribution in [0.3, 0.4) is 0 Å². The number of unbranched alkanes of at least 4 members (excludes halogenated alkanes) is 1. The molecule has 84 valence electrons. The molecule has 0 aromatic heterocycles. The van der Waals surface area contributed by atoms with Crippen LogP contribution >= 0.6 is 11.6 Å². The maximum absolute atomic E-state index is 11.0. The average Bonchev–Trinajstić information content (AvgIpc) is 2.03. The normalized spacial score (nSPS) is 13.6. The first-order chi connectivity index (χ1) is 6.43. The molecule has 1 atom stereocenters. The summed E-state index contributed by atoms with van der Waals surface area (Å²) in [4.78, 5) is 11.0. The Morgan fingerprint density at radius 2 is 2.14 bits per heavy atom. The minimum Gasteiger partial charge on any atom is -0.465 e. The van der Waals surface area contributed by atoms with Gasteiger partial charge in [0.15, 0.2) is 5.25 Å². The van der Waals surface area contributed by atoms with E-state index in [2.05, 4.69) is 4.74 Å². The first kappa shape index (κ1) is 13.7. The van der Waals surface area contributed by atoms with Crippen LogP contribution in [0.4, 0.5) is 0 Å². The maximum Gasteiger partial charge on any atom is 0.328 e. The van der Waals surface area contributed by atoms with Crippen molar-refractivity contribution in [2.75, 3.05) is 12.5 Å². The van der Waals surface area contributed by atoms with E-state index in [0.29, 0.717) is 6.42 Å². The van der Waals surface area contributed by atoms with E-state index in [9.17, 15) is 13.2 Å². The van der Waals surface area contributed by atoms with Crippen LogP contribution in [0.2, 0.25) is 0 Å². The monoisotopic (exact) mass is 244 g/mol. The van der Waals surface area contributed by atoms with Crippen molar-refractivity contribution in [1.29, 1.82) is 0 Å². The second-order valence-electron chi connectivity index (χ2n) is 2.68. The van der Waals surface area contributed by atoms with Gasteiger partial charge >= 0.3 is 5.97 Å². The van der Waals surface area contributed by atoms with Crippen LogP contribution in [-0.4, -0.2) is 36.7 Å². The maximum atomic E-state index is 11.0. The summed E-state index contributed by atoms with van der Waals surface area (Å²) in [5.41, 5.74) is 0. The van der Waals surface area contributed by atoms with Crippen molar-refractivity contribution in [2.45, 2.75) is 25.0 Å². The fraction of sp³-hybridized carbons (Fsp3) is 0.857. The molecule has 0 aromatic rings. The van der Waals surface area contributed by atoms with Gasteiger partial charge in [0.05, 0.1) is 12.5 Å². The summed E-state index contributed by atoms with van der Waals surface area (Å²) in [5.74, 6) is -1.51. The summed E-state index contributed by atoms with van der Waals surface area (Å²) in [6.45, 7) is 2.04. The van der Waals surface area contributed by atoms with Crippen molar-refractivity contribution in [3.05, 3.63) is 0 Å². The Balaban J connectivity index is 4.20. The summed E-state index contributed by atoms with van der Waals surface area (Å²) in [5, 5.41) is -1.68. The molecule has 0 aliphatic carbocycles. The van der Waals surface area contributed by atoms with Crippen molar-refractivity contribution in [2.24, 2.45) is 0 Å². The van der Waals surface area contributed by atoms with Crippen molar-refractivity contribution in [1.82, 2.24) is 0 Å². The highest BCUT2D eigenvalue weighted by molar-refractivity contribution is 7.87. The molecule has 0 radical (unpaired) electrons. The molecule has 1 N–H and O–H groups in total. The lowest BCUT2D eigenvalue weighted by Crippen LogP contribution is -2.33. The average molecular weight is 245 g/mol. The van der Waals surface area contributed by atoms with Crippen LogP contribution < -0.4 is 0 Å². The van der Waals surface area contributed by atoms with Crippen molar-refractivity contribution >= 4 is 27.7 Å². The quantitative estimate of drug-likeness (QED) is 0.324. The molecule has 0 spiro atoms. The van der Waals surface area contributed by atoms with Crippen LogP contribution in [-0.2, 0) is 19.6 Å². The number of halogens is 1. The van der Waals surface area contributed by atoms with Crippen molar-refractivity contribution in [3.63, 3.8) is 0 Å². The van der Waals surface area contributed by atoms with Gasteiger partial charge in [-0.1, -0.05) is 13.3 Å². The topological polar surface area (TPSA) is 80.7 Å². The fourth-order valence-corrected chi connectivity index (χ4v) is 1.75. The highest BCUT2D eigenvalue weighted by atomic mass is 35.5. The summed E-state index contributed by atoms with van der Waals surface area (Å²) < 4.78 is 34.4. The largest absolute Gasteiger partial charge is 0.465 e. The molecule has 0 saturated heterocycles. The number of carbonyl (C=O) groups is 1. The van der Waals surface area contributed by atoms with Gasteiger partial charge in [-0.2, -0.15) is 8.42 Å². The number of alkyl halides is 1. The molecule has 7 heteroatoms. The number of ether oxygens (including phenoxy) is 1. The second-order valence-corrected chi connectivity index (χ2v) is 4.59. The Morgan fingerprint density at radius 3 is 2.50 bits per heavy atom. The van der Waals surface area contributed by atoms with E-state index in [1.165, 1.54) is 0 Å². The van der Waals surface area contributed by atoms with E-state index >= 15 is 0 Å². The Kier molecular flexibility index (Phi) is 6.06. The lowest BCUT2D eigenvalue weighted by molar-refractivity contribution is -0.142. The van der Waals surface area contributed by atoms with Crippen molar-refractivity contribution < 1.29 is 22.5 Å². The molecule has 14 heavy (non-hydrogen) atoms. The summed E-state index contributed by atoms with van der Waals surface area (Å²) >= 11 is 5.22. The lowest BCUT2D eigenvalue weighted by Gasteiger charge is -2.09. The predicted octanol–water partition coefficient (Wildman–Crippen LogP) is 0.825. The minimum atomic E-state index is -4.46. The van der Waals surface area contributed by atoms with Crippen LogP contribution in [0, 0.1) is 0 Å². The van der Waals surface area contributed by atoms with Crippen LogP contribution in [0.1, 0.15) is 19.8 Å². The van der Waals surface area contributed by atoms with E-state index in [0.717, 1.165) is 6.42 Å². The Labute approximate surface area is 88.1 Å². The summed E-state index contributed by atoms with van der Waals surface area (Å²) in [6, 6.07) is 0. The Bertz CT molecular complexity index is 274. The van der Waals surface area contributed by atoms with Gasteiger partial charge in [0.2, 0.25) is 0 Å². The number of carbonyl (C=O) groups excluding carboxylic acids is 1. The van der Waals surface area contributed by atoms with Gasteiger partial charge < -0.3 is 4.74 Å². The fourth-order valence-electron chi connectivity index (χ4n) is 0.674. The van der Waals surface area contributed by atoms with Gasteiger partial charge in [0.1, 0.15) is 0 Å². The van der Waals surface area contributed by atoms with E-state index in [1.807, 2.05) is 6.92 Å². The summed E-state index contributed by atoms with van der Waals surface area (Å²) in [7, 11) is -4.46. The van der Waals surface area contributed by atoms with Gasteiger partial charge in [0, 0.05) is 0 Å². The smallest absolute Gasteiger partial charge is 0.328 e. The number of rotatable bonds is 6. The van der Waals surface area contributed by atoms with E-state index in [4.69, 9.17) is 16.2 Å². The molecule has 0 bridgehead atoms. The highest BCUT2D eigenvalue weighted by Crippen LogP contribution is 2.04. The second kappa shape index (κ2) is 6.21. The molecule has 0 saturated carbocycles. The van der Waals surface area contributed by atoms with Gasteiger partial charge in [-0.25, -0.2) is 0 Å². The number of hydrogen-bond acceptors (Lipinski definition) is 4. The van der Waals surface area contributed by atoms with E-state index in [-0.39, 0.29) is 6.61 Å². The molecule has 0 amide bonds. The van der Waals surface area contributed by atoms with Crippen LogP contribution in [0.5, 0.6) is 0 Å². The molecule has 0 aliphatic rings. The predicted molar refractivity (Wildman–Crippen MR) is 51.9 cm³/mol. The zero-order chi connectivity index (χ0) is 11.2. The number of esters is 1. The molecule has 0 heterocycles. The summed E-state index contributed by atoms with van der Waals surface area (Å²) in [6.07, 6.45) is 1.47. The lowest BCUT2D eigenvalue weighted by atomic mass is 10.4. The highest BCUT2D eigenvalue weighted by Gasteiger charge is 2.31. The first-order valence-corrected chi connectivity index (χ1v) is 6.16. The number of hydrogen-bond donors (Lipinski definition) is 1. The molecular formula is C7H13ClO5S. The van der Waals surface area contributed by atoms with E-state index < -0.39 is 27.2 Å².